The lowest BCUT2D eigenvalue weighted by Crippen LogP contribution is -2.50. The van der Waals surface area contributed by atoms with Crippen LogP contribution in [0.2, 0.25) is 0 Å². The summed E-state index contributed by atoms with van der Waals surface area (Å²) < 4.78 is 25.6. The predicted molar refractivity (Wildman–Crippen MR) is 56.1 cm³/mol. The summed E-state index contributed by atoms with van der Waals surface area (Å²) in [6.07, 6.45) is 0.617. The summed E-state index contributed by atoms with van der Waals surface area (Å²) in [4.78, 5) is 15.5. The molecular formula is C11H18F2N2O. The average molecular weight is 232 g/mol. The molecule has 1 aliphatic carbocycles. The van der Waals surface area contributed by atoms with Crippen molar-refractivity contribution in [3.63, 3.8) is 0 Å². The highest BCUT2D eigenvalue weighted by Gasteiger charge is 2.62. The third-order valence-electron chi connectivity index (χ3n) is 3.39. The van der Waals surface area contributed by atoms with Crippen LogP contribution in [0.4, 0.5) is 8.78 Å². The first-order chi connectivity index (χ1) is 7.42. The molecule has 1 atom stereocenters. The van der Waals surface area contributed by atoms with E-state index < -0.39 is 11.8 Å². The van der Waals surface area contributed by atoms with E-state index in [1.54, 1.807) is 4.90 Å². The van der Waals surface area contributed by atoms with Crippen molar-refractivity contribution >= 4 is 5.91 Å². The molecule has 0 aromatic heterocycles. The second kappa shape index (κ2) is 3.95. The molecular weight excluding hydrogens is 214 g/mol. The van der Waals surface area contributed by atoms with Crippen LogP contribution in [0.15, 0.2) is 0 Å². The van der Waals surface area contributed by atoms with E-state index in [-0.39, 0.29) is 12.3 Å². The molecule has 0 N–H and O–H groups in total. The van der Waals surface area contributed by atoms with E-state index in [1.165, 1.54) is 0 Å². The Morgan fingerprint density at radius 2 is 2.00 bits per heavy atom. The quantitative estimate of drug-likeness (QED) is 0.721. The van der Waals surface area contributed by atoms with Crippen LogP contribution in [0.1, 0.15) is 26.7 Å². The Balaban J connectivity index is 1.92. The Kier molecular flexibility index (Phi) is 2.90. The molecule has 1 saturated heterocycles. The number of hydrogen-bond acceptors (Lipinski definition) is 2. The van der Waals surface area contributed by atoms with Crippen molar-refractivity contribution in [2.45, 2.75) is 38.7 Å². The molecule has 2 rings (SSSR count). The molecule has 92 valence electrons. The van der Waals surface area contributed by atoms with Crippen LogP contribution in [-0.2, 0) is 4.79 Å². The van der Waals surface area contributed by atoms with Crippen molar-refractivity contribution in [2.75, 3.05) is 19.8 Å². The summed E-state index contributed by atoms with van der Waals surface area (Å²) >= 11 is 0. The second-order valence-electron chi connectivity index (χ2n) is 5.02. The number of carbonyl (C=O) groups excluding carboxylic acids is 1. The van der Waals surface area contributed by atoms with E-state index in [2.05, 4.69) is 18.7 Å². The summed E-state index contributed by atoms with van der Waals surface area (Å²) in [6.45, 7) is 6.18. The molecule has 1 unspecified atom stereocenters. The minimum absolute atomic E-state index is 0.260. The maximum Gasteiger partial charge on any atom is 0.260 e. The van der Waals surface area contributed by atoms with Gasteiger partial charge in [0.25, 0.3) is 5.92 Å². The molecule has 0 aromatic carbocycles. The lowest BCUT2D eigenvalue weighted by atomic mass is 10.2. The van der Waals surface area contributed by atoms with Gasteiger partial charge in [0, 0.05) is 25.6 Å². The Hall–Kier alpha value is -0.710. The maximum absolute atomic E-state index is 12.8. The predicted octanol–water partition coefficient (Wildman–Crippen LogP) is 1.54. The molecule has 3 nitrogen and oxygen atoms in total. The molecule has 0 aromatic rings. The summed E-state index contributed by atoms with van der Waals surface area (Å²) in [5.41, 5.74) is 0. The van der Waals surface area contributed by atoms with Crippen LogP contribution in [-0.4, -0.2) is 47.4 Å². The van der Waals surface area contributed by atoms with Crippen LogP contribution >= 0.6 is 0 Å². The molecule has 1 amide bonds. The van der Waals surface area contributed by atoms with Crippen molar-refractivity contribution in [1.29, 1.82) is 0 Å². The zero-order valence-corrected chi connectivity index (χ0v) is 9.75. The molecule has 2 fully saturated rings. The molecule has 16 heavy (non-hydrogen) atoms. The van der Waals surface area contributed by atoms with Crippen molar-refractivity contribution in [3.05, 3.63) is 0 Å². The fraction of sp³-hybridized carbons (Fsp3) is 0.909. The third-order valence-corrected chi connectivity index (χ3v) is 3.39. The fourth-order valence-corrected chi connectivity index (χ4v) is 2.13. The highest BCUT2D eigenvalue weighted by atomic mass is 19.3. The minimum Gasteiger partial charge on any atom is -0.329 e. The first-order valence-corrected chi connectivity index (χ1v) is 5.82. The lowest BCUT2D eigenvalue weighted by Gasteiger charge is -2.38. The van der Waals surface area contributed by atoms with Gasteiger partial charge in [0.15, 0.2) is 0 Å². The normalized spacial score (nSPS) is 29.6. The van der Waals surface area contributed by atoms with Crippen molar-refractivity contribution in [1.82, 2.24) is 9.80 Å². The van der Waals surface area contributed by atoms with E-state index >= 15 is 0 Å². The first-order valence-electron chi connectivity index (χ1n) is 5.82. The van der Waals surface area contributed by atoms with E-state index in [0.29, 0.717) is 19.3 Å². The molecule has 1 aliphatic heterocycles. The van der Waals surface area contributed by atoms with E-state index in [0.717, 1.165) is 13.0 Å². The molecule has 0 bridgehead atoms. The zero-order chi connectivity index (χ0) is 11.9. The van der Waals surface area contributed by atoms with Gasteiger partial charge < -0.3 is 4.90 Å². The molecule has 2 aliphatic rings. The number of nitrogens with zero attached hydrogens (tertiary/aromatic N) is 2. The largest absolute Gasteiger partial charge is 0.329 e. The van der Waals surface area contributed by atoms with Crippen LogP contribution in [0, 0.1) is 5.92 Å². The average Bonchev–Trinajstić information content (AvgIpc) is 2.87. The van der Waals surface area contributed by atoms with Gasteiger partial charge in [0.2, 0.25) is 5.91 Å². The van der Waals surface area contributed by atoms with Gasteiger partial charge in [-0.15, -0.1) is 0 Å². The SMILES string of the molecule is CC(C)N1CCCN(C(=O)C2CC2(F)F)C1. The van der Waals surface area contributed by atoms with Gasteiger partial charge in [-0.3, -0.25) is 9.69 Å². The van der Waals surface area contributed by atoms with Crippen LogP contribution in [0.3, 0.4) is 0 Å². The lowest BCUT2D eigenvalue weighted by molar-refractivity contribution is -0.139. The monoisotopic (exact) mass is 232 g/mol. The van der Waals surface area contributed by atoms with Gasteiger partial charge in [-0.1, -0.05) is 0 Å². The first kappa shape index (κ1) is 11.8. The summed E-state index contributed by atoms with van der Waals surface area (Å²) in [7, 11) is 0. The van der Waals surface area contributed by atoms with Gasteiger partial charge in [-0.25, -0.2) is 8.78 Å². The highest BCUT2D eigenvalue weighted by molar-refractivity contribution is 5.83. The van der Waals surface area contributed by atoms with Gasteiger partial charge in [0.1, 0.15) is 5.92 Å². The molecule has 5 heteroatoms. The van der Waals surface area contributed by atoms with Crippen molar-refractivity contribution in [3.8, 4) is 0 Å². The van der Waals surface area contributed by atoms with Gasteiger partial charge >= 0.3 is 0 Å². The summed E-state index contributed by atoms with van der Waals surface area (Å²) in [5.74, 6) is -4.15. The van der Waals surface area contributed by atoms with Crippen LogP contribution in [0.5, 0.6) is 0 Å². The number of carbonyl (C=O) groups is 1. The van der Waals surface area contributed by atoms with Gasteiger partial charge in [-0.2, -0.15) is 0 Å². The van der Waals surface area contributed by atoms with Crippen LogP contribution in [0.25, 0.3) is 0 Å². The molecule has 0 radical (unpaired) electrons. The van der Waals surface area contributed by atoms with E-state index in [4.69, 9.17) is 0 Å². The number of amides is 1. The fourth-order valence-electron chi connectivity index (χ4n) is 2.13. The number of halogens is 2. The highest BCUT2D eigenvalue weighted by Crippen LogP contribution is 2.49. The zero-order valence-electron chi connectivity index (χ0n) is 9.75. The van der Waals surface area contributed by atoms with Gasteiger partial charge in [-0.05, 0) is 20.3 Å². The standard InChI is InChI=1S/C11H18F2N2O/c1-8(2)14-4-3-5-15(7-14)10(16)9-6-11(9,12)13/h8-9H,3-7H2,1-2H3. The Morgan fingerprint density at radius 1 is 1.38 bits per heavy atom. The number of rotatable bonds is 2. The van der Waals surface area contributed by atoms with Crippen molar-refractivity contribution < 1.29 is 13.6 Å². The third kappa shape index (κ3) is 2.19. The summed E-state index contributed by atoms with van der Waals surface area (Å²) in [6, 6.07) is 0.357. The minimum atomic E-state index is -2.74. The van der Waals surface area contributed by atoms with E-state index in [1.807, 2.05) is 0 Å². The Bertz CT molecular complexity index is 294. The second-order valence-corrected chi connectivity index (χ2v) is 5.02. The van der Waals surface area contributed by atoms with Crippen molar-refractivity contribution in [2.24, 2.45) is 5.92 Å². The summed E-state index contributed by atoms with van der Waals surface area (Å²) in [5, 5.41) is 0. The topological polar surface area (TPSA) is 23.6 Å². The number of alkyl halides is 2. The Morgan fingerprint density at radius 3 is 2.50 bits per heavy atom. The van der Waals surface area contributed by atoms with E-state index in [9.17, 15) is 13.6 Å². The molecule has 1 heterocycles. The maximum atomic E-state index is 12.8. The number of hydrogen-bond donors (Lipinski definition) is 0. The van der Waals surface area contributed by atoms with Gasteiger partial charge in [0.05, 0.1) is 6.67 Å². The molecule has 0 spiro atoms. The van der Waals surface area contributed by atoms with Crippen LogP contribution < -0.4 is 0 Å². The molecule has 1 saturated carbocycles. The Labute approximate surface area is 94.4 Å². The smallest absolute Gasteiger partial charge is 0.260 e.